The molecule has 1 unspecified atom stereocenters. The second-order valence-corrected chi connectivity index (χ2v) is 4.19. The van der Waals surface area contributed by atoms with Gasteiger partial charge in [0.2, 0.25) is 5.91 Å². The lowest BCUT2D eigenvalue weighted by Gasteiger charge is -2.15. The van der Waals surface area contributed by atoms with Crippen molar-refractivity contribution in [3.63, 3.8) is 0 Å². The number of nitrogens with zero attached hydrogens (tertiary/aromatic N) is 1. The Labute approximate surface area is 86.6 Å². The molecule has 0 saturated carbocycles. The highest BCUT2D eigenvalue weighted by Crippen LogP contribution is 2.22. The van der Waals surface area contributed by atoms with Crippen LogP contribution in [0.2, 0.25) is 0 Å². The van der Waals surface area contributed by atoms with Crippen LogP contribution >= 0.6 is 0 Å². The van der Waals surface area contributed by atoms with Gasteiger partial charge in [-0.2, -0.15) is 0 Å². The van der Waals surface area contributed by atoms with Gasteiger partial charge in [0.1, 0.15) is 0 Å². The number of hydrogen-bond acceptors (Lipinski definition) is 2. The summed E-state index contributed by atoms with van der Waals surface area (Å²) in [6.07, 6.45) is 5.24. The molecule has 0 aromatic carbocycles. The normalized spacial score (nSPS) is 22.0. The Hall–Kier alpha value is -0.570. The smallest absolute Gasteiger partial charge is 0.222 e. The molecule has 1 fully saturated rings. The van der Waals surface area contributed by atoms with Gasteiger partial charge in [0.15, 0.2) is 0 Å². The largest absolute Gasteiger partial charge is 0.342 e. The van der Waals surface area contributed by atoms with Gasteiger partial charge in [0, 0.05) is 19.5 Å². The number of likely N-dealkylation sites (tertiary alicyclic amines) is 1. The molecule has 0 spiro atoms. The SMILES string of the molecule is CCCC1CC(=O)N(CCCCN)C1. The minimum absolute atomic E-state index is 0.348. The molecule has 3 nitrogen and oxygen atoms in total. The molecule has 0 bridgehead atoms. The highest BCUT2D eigenvalue weighted by molar-refractivity contribution is 5.78. The molecule has 1 aliphatic heterocycles. The monoisotopic (exact) mass is 198 g/mol. The summed E-state index contributed by atoms with van der Waals surface area (Å²) in [4.78, 5) is 13.6. The zero-order valence-electron chi connectivity index (χ0n) is 9.17. The first-order valence-corrected chi connectivity index (χ1v) is 5.75. The van der Waals surface area contributed by atoms with Crippen molar-refractivity contribution in [1.29, 1.82) is 0 Å². The Morgan fingerprint density at radius 1 is 1.50 bits per heavy atom. The average Bonchev–Trinajstić information content (AvgIpc) is 2.48. The number of hydrogen-bond donors (Lipinski definition) is 1. The fourth-order valence-corrected chi connectivity index (χ4v) is 2.12. The molecule has 1 saturated heterocycles. The first kappa shape index (κ1) is 11.5. The maximum absolute atomic E-state index is 11.5. The van der Waals surface area contributed by atoms with Crippen LogP contribution in [0, 0.1) is 5.92 Å². The Balaban J connectivity index is 2.22. The van der Waals surface area contributed by atoms with E-state index in [1.165, 1.54) is 12.8 Å². The molecule has 0 aromatic heterocycles. The van der Waals surface area contributed by atoms with Crippen molar-refractivity contribution in [2.24, 2.45) is 11.7 Å². The van der Waals surface area contributed by atoms with Crippen molar-refractivity contribution < 1.29 is 4.79 Å². The number of nitrogens with two attached hydrogens (primary N) is 1. The highest BCUT2D eigenvalue weighted by atomic mass is 16.2. The maximum Gasteiger partial charge on any atom is 0.222 e. The predicted molar refractivity (Wildman–Crippen MR) is 57.9 cm³/mol. The molecule has 0 radical (unpaired) electrons. The van der Waals surface area contributed by atoms with Crippen LogP contribution in [-0.2, 0) is 4.79 Å². The van der Waals surface area contributed by atoms with Gasteiger partial charge in [-0.05, 0) is 31.7 Å². The summed E-state index contributed by atoms with van der Waals surface area (Å²) in [5, 5.41) is 0. The molecular weight excluding hydrogens is 176 g/mol. The van der Waals surface area contributed by atoms with Crippen LogP contribution in [0.15, 0.2) is 0 Å². The van der Waals surface area contributed by atoms with Gasteiger partial charge in [0.25, 0.3) is 0 Å². The lowest BCUT2D eigenvalue weighted by molar-refractivity contribution is -0.127. The lowest BCUT2D eigenvalue weighted by Crippen LogP contribution is -2.26. The van der Waals surface area contributed by atoms with E-state index in [1.54, 1.807) is 0 Å². The van der Waals surface area contributed by atoms with Crippen LogP contribution < -0.4 is 5.73 Å². The van der Waals surface area contributed by atoms with Crippen LogP contribution in [0.25, 0.3) is 0 Å². The third kappa shape index (κ3) is 3.29. The van der Waals surface area contributed by atoms with Crippen LogP contribution in [0.5, 0.6) is 0 Å². The lowest BCUT2D eigenvalue weighted by atomic mass is 10.0. The molecule has 3 heteroatoms. The number of carbonyl (C=O) groups is 1. The van der Waals surface area contributed by atoms with Gasteiger partial charge in [-0.25, -0.2) is 0 Å². The van der Waals surface area contributed by atoms with Crippen LogP contribution in [0.3, 0.4) is 0 Å². The fourth-order valence-electron chi connectivity index (χ4n) is 2.12. The quantitative estimate of drug-likeness (QED) is 0.655. The summed E-state index contributed by atoms with van der Waals surface area (Å²) in [6.45, 7) is 4.81. The van der Waals surface area contributed by atoms with E-state index in [2.05, 4.69) is 6.92 Å². The Bertz CT molecular complexity index is 182. The molecule has 1 heterocycles. The third-order valence-corrected chi connectivity index (χ3v) is 2.87. The van der Waals surface area contributed by atoms with Crippen molar-refractivity contribution >= 4 is 5.91 Å². The van der Waals surface area contributed by atoms with Crippen LogP contribution in [-0.4, -0.2) is 30.4 Å². The standard InChI is InChI=1S/C11H22N2O/c1-2-5-10-8-11(14)13(9-10)7-4-3-6-12/h10H,2-9,12H2,1H3. The van der Waals surface area contributed by atoms with Crippen LogP contribution in [0.1, 0.15) is 39.0 Å². The molecule has 0 aromatic rings. The summed E-state index contributed by atoms with van der Waals surface area (Å²) < 4.78 is 0. The molecule has 1 atom stereocenters. The number of carbonyl (C=O) groups excluding carboxylic acids is 1. The molecule has 1 aliphatic rings. The summed E-state index contributed by atoms with van der Waals surface area (Å²) in [5.41, 5.74) is 5.42. The topological polar surface area (TPSA) is 46.3 Å². The van der Waals surface area contributed by atoms with E-state index < -0.39 is 0 Å². The molecule has 14 heavy (non-hydrogen) atoms. The number of amides is 1. The minimum atomic E-state index is 0.348. The van der Waals surface area contributed by atoms with Crippen molar-refractivity contribution in [2.45, 2.75) is 39.0 Å². The Morgan fingerprint density at radius 2 is 2.29 bits per heavy atom. The van der Waals surface area contributed by atoms with Gasteiger partial charge in [0.05, 0.1) is 0 Å². The zero-order valence-corrected chi connectivity index (χ0v) is 9.17. The van der Waals surface area contributed by atoms with E-state index in [0.29, 0.717) is 11.8 Å². The maximum atomic E-state index is 11.5. The first-order chi connectivity index (χ1) is 6.77. The molecule has 0 aliphatic carbocycles. The molecule has 1 amide bonds. The van der Waals surface area contributed by atoms with E-state index in [9.17, 15) is 4.79 Å². The summed E-state index contributed by atoms with van der Waals surface area (Å²) >= 11 is 0. The van der Waals surface area contributed by atoms with Crippen molar-refractivity contribution in [3.8, 4) is 0 Å². The van der Waals surface area contributed by atoms with Crippen molar-refractivity contribution in [3.05, 3.63) is 0 Å². The van der Waals surface area contributed by atoms with E-state index in [-0.39, 0.29) is 0 Å². The van der Waals surface area contributed by atoms with Gasteiger partial charge in [-0.3, -0.25) is 4.79 Å². The molecule has 2 N–H and O–H groups in total. The predicted octanol–water partition coefficient (Wildman–Crippen LogP) is 1.37. The summed E-state index contributed by atoms with van der Waals surface area (Å²) in [7, 11) is 0. The first-order valence-electron chi connectivity index (χ1n) is 5.75. The van der Waals surface area contributed by atoms with Crippen molar-refractivity contribution in [1.82, 2.24) is 4.90 Å². The molecular formula is C11H22N2O. The van der Waals surface area contributed by atoms with E-state index in [1.807, 2.05) is 4.90 Å². The summed E-state index contributed by atoms with van der Waals surface area (Å²) in [6, 6.07) is 0. The summed E-state index contributed by atoms with van der Waals surface area (Å²) in [5.74, 6) is 0.964. The molecule has 1 rings (SSSR count). The fraction of sp³-hybridized carbons (Fsp3) is 0.909. The van der Waals surface area contributed by atoms with E-state index in [4.69, 9.17) is 5.73 Å². The van der Waals surface area contributed by atoms with E-state index in [0.717, 1.165) is 38.9 Å². The van der Waals surface area contributed by atoms with Gasteiger partial charge in [-0.15, -0.1) is 0 Å². The number of rotatable bonds is 6. The van der Waals surface area contributed by atoms with Gasteiger partial charge >= 0.3 is 0 Å². The second kappa shape index (κ2) is 6.02. The van der Waals surface area contributed by atoms with Crippen LogP contribution in [0.4, 0.5) is 0 Å². The molecule has 82 valence electrons. The number of unbranched alkanes of at least 4 members (excludes halogenated alkanes) is 1. The third-order valence-electron chi connectivity index (χ3n) is 2.87. The Kier molecular flexibility index (Phi) is 4.94. The minimum Gasteiger partial charge on any atom is -0.342 e. The van der Waals surface area contributed by atoms with Crippen molar-refractivity contribution in [2.75, 3.05) is 19.6 Å². The average molecular weight is 198 g/mol. The zero-order chi connectivity index (χ0) is 10.4. The Morgan fingerprint density at radius 3 is 2.93 bits per heavy atom. The second-order valence-electron chi connectivity index (χ2n) is 4.19. The van der Waals surface area contributed by atoms with Gasteiger partial charge < -0.3 is 10.6 Å². The van der Waals surface area contributed by atoms with Gasteiger partial charge in [-0.1, -0.05) is 13.3 Å². The van der Waals surface area contributed by atoms with E-state index >= 15 is 0 Å². The highest BCUT2D eigenvalue weighted by Gasteiger charge is 2.27.